The van der Waals surface area contributed by atoms with Crippen molar-refractivity contribution in [2.45, 2.75) is 93.4 Å². The van der Waals surface area contributed by atoms with E-state index in [1.54, 1.807) is 6.26 Å². The normalized spacial score (nSPS) is 12.7. The van der Waals surface area contributed by atoms with Crippen molar-refractivity contribution in [3.63, 3.8) is 0 Å². The summed E-state index contributed by atoms with van der Waals surface area (Å²) in [7, 11) is 0. The minimum absolute atomic E-state index is 0. The summed E-state index contributed by atoms with van der Waals surface area (Å²) < 4.78 is 11.8. The van der Waals surface area contributed by atoms with Crippen molar-refractivity contribution in [3.05, 3.63) is 90.5 Å². The number of hydrogen-bond acceptors (Lipinski definition) is 5. The fraction of sp³-hybridized carbons (Fsp3) is 0.381. The van der Waals surface area contributed by atoms with Crippen LogP contribution >= 0.6 is 0 Å². The van der Waals surface area contributed by atoms with Gasteiger partial charge in [-0.1, -0.05) is 91.5 Å². The second kappa shape index (κ2) is 14.4. The van der Waals surface area contributed by atoms with Gasteiger partial charge in [0.1, 0.15) is 22.5 Å². The zero-order chi connectivity index (χ0) is 34.1. The summed E-state index contributed by atoms with van der Waals surface area (Å²) in [6.07, 6.45) is 8.27. The number of aliphatic hydroxyl groups is 1. The maximum Gasteiger partial charge on any atom is 0.164 e. The molecule has 0 aliphatic carbocycles. The van der Waals surface area contributed by atoms with E-state index in [0.29, 0.717) is 0 Å². The van der Waals surface area contributed by atoms with Crippen molar-refractivity contribution < 1.29 is 38.8 Å². The number of aliphatic hydroxyl groups excluding tert-OH is 1. The van der Waals surface area contributed by atoms with Gasteiger partial charge in [-0.3, -0.25) is 9.78 Å². The molecule has 0 amide bonds. The Hall–Kier alpha value is -3.73. The van der Waals surface area contributed by atoms with Gasteiger partial charge >= 0.3 is 0 Å². The number of rotatable bonds is 8. The monoisotopic (exact) mass is 823 g/mol. The first-order chi connectivity index (χ1) is 22.3. The number of allylic oxidation sites excluding steroid dienone is 2. The van der Waals surface area contributed by atoms with Crippen molar-refractivity contribution in [3.8, 4) is 11.3 Å². The number of nitrogens with zero attached hydrogens (tertiary/aromatic N) is 1. The van der Waals surface area contributed by atoms with Crippen LogP contribution in [0.1, 0.15) is 93.6 Å². The summed E-state index contributed by atoms with van der Waals surface area (Å²) >= 11 is 0. The van der Waals surface area contributed by atoms with Crippen molar-refractivity contribution in [2.75, 3.05) is 0 Å². The van der Waals surface area contributed by atoms with Gasteiger partial charge in [0.25, 0.3) is 0 Å². The molecule has 6 aromatic rings. The van der Waals surface area contributed by atoms with Gasteiger partial charge < -0.3 is 13.9 Å². The van der Waals surface area contributed by atoms with Crippen molar-refractivity contribution in [1.29, 1.82) is 0 Å². The molecule has 0 saturated heterocycles. The number of hydrogen-bond donors (Lipinski definition) is 1. The predicted molar refractivity (Wildman–Crippen MR) is 195 cm³/mol. The molecule has 0 spiro atoms. The standard InChI is InChI=1S/C27H20NO2.C15H28O2.Ir/c1-27(2,3)21-13-18(12-16-6-4-5-7-19(16)21)26-25-20-15-23-17(9-11-29-23)14-24(20)30-22(25)8-10-28-26;1-7-14(5,8-2)12(16)11-13(17)15(6,9-3)10-4;/h4-11,13-15H,1-3H3;11,16H,7-10H2,1-6H3;/q-1;;/b;12-11-;. The largest absolute Gasteiger partial charge is 0.512 e. The Bertz CT molecular complexity index is 2080. The average Bonchev–Trinajstić information content (AvgIpc) is 3.69. The molecule has 5 nitrogen and oxygen atoms in total. The first-order valence-corrected chi connectivity index (χ1v) is 16.9. The van der Waals surface area contributed by atoms with Crippen LogP contribution in [0.5, 0.6) is 0 Å². The fourth-order valence-electron chi connectivity index (χ4n) is 6.04. The Labute approximate surface area is 298 Å². The van der Waals surface area contributed by atoms with E-state index in [0.717, 1.165) is 75.2 Å². The minimum Gasteiger partial charge on any atom is -0.512 e. The van der Waals surface area contributed by atoms with E-state index in [2.05, 4.69) is 57.2 Å². The number of pyridine rings is 1. The third-order valence-electron chi connectivity index (χ3n) is 10.4. The van der Waals surface area contributed by atoms with Gasteiger partial charge in [-0.2, -0.15) is 0 Å². The molecule has 0 fully saturated rings. The molecule has 0 atom stereocenters. The van der Waals surface area contributed by atoms with E-state index < -0.39 is 0 Å². The van der Waals surface area contributed by atoms with Crippen LogP contribution < -0.4 is 0 Å². The Kier molecular flexibility index (Phi) is 11.1. The molecule has 3 aromatic heterocycles. The molecule has 0 unspecified atom stereocenters. The Morgan fingerprint density at radius 1 is 0.833 bits per heavy atom. The van der Waals surface area contributed by atoms with Gasteiger partial charge in [0, 0.05) is 65.1 Å². The van der Waals surface area contributed by atoms with Gasteiger partial charge in [0.15, 0.2) is 5.78 Å². The SMILES string of the molecule is CC(C)(C)c1cc(-c2nccc3oc4cc5ccoc5cc4c23)[c-]c2ccccc12.CCC(C)(CC)C(=O)/C=C(\O)C(C)(CC)CC.[Ir]. The van der Waals surface area contributed by atoms with Gasteiger partial charge in [-0.15, -0.1) is 29.1 Å². The number of fused-ring (bicyclic) bond motifs is 5. The van der Waals surface area contributed by atoms with Crippen molar-refractivity contribution in [2.24, 2.45) is 10.8 Å². The molecule has 3 aromatic carbocycles. The third-order valence-corrected chi connectivity index (χ3v) is 10.4. The predicted octanol–water partition coefficient (Wildman–Crippen LogP) is 12.3. The third kappa shape index (κ3) is 7.02. The second-order valence-corrected chi connectivity index (χ2v) is 14.3. The number of carbonyl (C=O) groups excluding carboxylic acids is 1. The van der Waals surface area contributed by atoms with E-state index in [1.807, 2.05) is 72.0 Å². The van der Waals surface area contributed by atoms with Crippen molar-refractivity contribution >= 4 is 49.5 Å². The molecule has 1 radical (unpaired) electrons. The molecular weight excluding hydrogens is 775 g/mol. The molecule has 0 saturated carbocycles. The van der Waals surface area contributed by atoms with Gasteiger partial charge in [-0.05, 0) is 55.4 Å². The minimum atomic E-state index is -0.337. The number of furan rings is 2. The average molecular weight is 823 g/mol. The van der Waals surface area contributed by atoms with Crippen LogP contribution in [0.15, 0.2) is 87.7 Å². The molecule has 0 aliphatic heterocycles. The molecule has 1 N–H and O–H groups in total. The Morgan fingerprint density at radius 2 is 1.50 bits per heavy atom. The topological polar surface area (TPSA) is 76.5 Å². The first kappa shape index (κ1) is 37.1. The summed E-state index contributed by atoms with van der Waals surface area (Å²) in [5.41, 5.74) is 5.04. The van der Waals surface area contributed by atoms with Crippen LogP contribution in [-0.4, -0.2) is 15.9 Å². The van der Waals surface area contributed by atoms with Gasteiger partial charge in [-0.25, -0.2) is 0 Å². The fourth-order valence-corrected chi connectivity index (χ4v) is 6.04. The van der Waals surface area contributed by atoms with Crippen LogP contribution in [0.3, 0.4) is 0 Å². The van der Waals surface area contributed by atoms with E-state index in [1.165, 1.54) is 17.0 Å². The number of ketones is 1. The van der Waals surface area contributed by atoms with Crippen LogP contribution in [0.25, 0.3) is 54.9 Å². The summed E-state index contributed by atoms with van der Waals surface area (Å²) in [6, 6.07) is 22.2. The van der Waals surface area contributed by atoms with E-state index >= 15 is 0 Å². The van der Waals surface area contributed by atoms with Gasteiger partial charge in [0.2, 0.25) is 0 Å². The molecule has 6 heteroatoms. The molecule has 0 aliphatic rings. The van der Waals surface area contributed by atoms with Crippen LogP contribution in [0.4, 0.5) is 0 Å². The summed E-state index contributed by atoms with van der Waals surface area (Å²) in [6.45, 7) is 18.8. The summed E-state index contributed by atoms with van der Waals surface area (Å²) in [4.78, 5) is 17.0. The molecule has 6 rings (SSSR count). The molecule has 0 bridgehead atoms. The Morgan fingerprint density at radius 3 is 2.15 bits per heavy atom. The summed E-state index contributed by atoms with van der Waals surface area (Å²) in [5.74, 6) is 0.286. The quantitative estimate of drug-likeness (QED) is 0.0940. The van der Waals surface area contributed by atoms with E-state index in [-0.39, 0.29) is 47.9 Å². The number of aromatic nitrogens is 1. The van der Waals surface area contributed by atoms with Crippen LogP contribution in [-0.2, 0) is 30.3 Å². The van der Waals surface area contributed by atoms with Crippen LogP contribution in [0, 0.1) is 16.9 Å². The molecule has 3 heterocycles. The molecular formula is C42H48IrNO4-. The van der Waals surface area contributed by atoms with E-state index in [9.17, 15) is 9.90 Å². The zero-order valence-electron chi connectivity index (χ0n) is 29.7. The smallest absolute Gasteiger partial charge is 0.164 e. The Balaban J connectivity index is 0.000000251. The maximum absolute atomic E-state index is 12.2. The zero-order valence-corrected chi connectivity index (χ0v) is 32.1. The molecule has 255 valence electrons. The number of benzene rings is 3. The molecule has 48 heavy (non-hydrogen) atoms. The van der Waals surface area contributed by atoms with Crippen molar-refractivity contribution in [1.82, 2.24) is 4.98 Å². The number of carbonyl (C=O) groups is 1. The van der Waals surface area contributed by atoms with Crippen LogP contribution in [0.2, 0.25) is 0 Å². The van der Waals surface area contributed by atoms with E-state index in [4.69, 9.17) is 13.8 Å². The first-order valence-electron chi connectivity index (χ1n) is 16.9. The maximum atomic E-state index is 12.2. The summed E-state index contributed by atoms with van der Waals surface area (Å²) in [5, 5.41) is 15.5. The second-order valence-electron chi connectivity index (χ2n) is 14.3. The van der Waals surface area contributed by atoms with Gasteiger partial charge in [0.05, 0.1) is 6.26 Å².